The van der Waals surface area contributed by atoms with Crippen molar-refractivity contribution in [2.24, 2.45) is 5.92 Å². The van der Waals surface area contributed by atoms with Crippen molar-refractivity contribution in [2.75, 3.05) is 13.2 Å². The highest BCUT2D eigenvalue weighted by atomic mass is 16.6. The Morgan fingerprint density at radius 2 is 1.90 bits per heavy atom. The Hall–Kier alpha value is -2.34. The summed E-state index contributed by atoms with van der Waals surface area (Å²) < 4.78 is 22.1. The number of carbonyl (C=O) groups is 2. The molecule has 1 fully saturated rings. The van der Waals surface area contributed by atoms with Crippen LogP contribution in [0.5, 0.6) is 5.75 Å². The van der Waals surface area contributed by atoms with E-state index < -0.39 is 0 Å². The van der Waals surface area contributed by atoms with E-state index in [9.17, 15) is 9.59 Å². The zero-order chi connectivity index (χ0) is 21.0. The molecule has 0 spiro atoms. The minimum absolute atomic E-state index is 0.0370. The minimum atomic E-state index is -0.372. The van der Waals surface area contributed by atoms with Crippen LogP contribution in [0.4, 0.5) is 0 Å². The monoisotopic (exact) mass is 402 g/mol. The molecule has 2 aliphatic rings. The maximum Gasteiger partial charge on any atom is 0.332 e. The number of hydrogen-bond acceptors (Lipinski definition) is 6. The Kier molecular flexibility index (Phi) is 6.63. The molecular formula is C23H30O6. The van der Waals surface area contributed by atoms with Gasteiger partial charge in [0.25, 0.3) is 0 Å². The summed E-state index contributed by atoms with van der Waals surface area (Å²) in [5.41, 5.74) is 1.26. The molecule has 6 heteroatoms. The van der Waals surface area contributed by atoms with Crippen LogP contribution in [0.25, 0.3) is 0 Å². The van der Waals surface area contributed by atoms with Crippen molar-refractivity contribution in [3.63, 3.8) is 0 Å². The molecule has 0 bridgehead atoms. The number of Topliss-reactive ketones (excluding diaryl/α,β-unsaturated/α-hetero) is 1. The molecule has 29 heavy (non-hydrogen) atoms. The summed E-state index contributed by atoms with van der Waals surface area (Å²) in [6.45, 7) is 8.47. The van der Waals surface area contributed by atoms with Gasteiger partial charge in [0.2, 0.25) is 11.5 Å². The Morgan fingerprint density at radius 1 is 1.17 bits per heavy atom. The predicted octanol–water partition coefficient (Wildman–Crippen LogP) is 3.92. The van der Waals surface area contributed by atoms with E-state index in [-0.39, 0.29) is 47.7 Å². The van der Waals surface area contributed by atoms with Gasteiger partial charge in [-0.3, -0.25) is 4.79 Å². The number of ketones is 1. The Bertz CT molecular complexity index is 759. The lowest BCUT2D eigenvalue weighted by atomic mass is 9.80. The van der Waals surface area contributed by atoms with Gasteiger partial charge in [-0.25, -0.2) is 4.79 Å². The van der Waals surface area contributed by atoms with Crippen LogP contribution in [0.2, 0.25) is 0 Å². The number of hydrogen-bond donors (Lipinski definition) is 0. The molecule has 158 valence electrons. The van der Waals surface area contributed by atoms with E-state index in [0.717, 1.165) is 0 Å². The first-order valence-electron chi connectivity index (χ1n) is 10.2. The molecule has 1 aromatic rings. The fourth-order valence-electron chi connectivity index (χ4n) is 3.70. The largest absolute Gasteiger partial charge is 0.493 e. The Balaban J connectivity index is 1.57. The van der Waals surface area contributed by atoms with Crippen LogP contribution in [-0.4, -0.2) is 37.2 Å². The molecule has 1 aliphatic carbocycles. The maximum absolute atomic E-state index is 12.9. The highest BCUT2D eigenvalue weighted by Crippen LogP contribution is 2.35. The molecule has 6 nitrogen and oxygen atoms in total. The lowest BCUT2D eigenvalue weighted by Gasteiger charge is -2.37. The first kappa shape index (κ1) is 21.4. The van der Waals surface area contributed by atoms with E-state index in [4.69, 9.17) is 18.9 Å². The van der Waals surface area contributed by atoms with Gasteiger partial charge >= 0.3 is 5.97 Å². The van der Waals surface area contributed by atoms with E-state index in [0.29, 0.717) is 31.6 Å². The molecular weight excluding hydrogens is 372 g/mol. The topological polar surface area (TPSA) is 71.1 Å². The smallest absolute Gasteiger partial charge is 0.332 e. The molecule has 0 aromatic heterocycles. The van der Waals surface area contributed by atoms with Crippen molar-refractivity contribution in [1.82, 2.24) is 0 Å². The molecule has 1 heterocycles. The number of esters is 1. The van der Waals surface area contributed by atoms with Crippen molar-refractivity contribution in [3.05, 3.63) is 41.9 Å². The van der Waals surface area contributed by atoms with Crippen LogP contribution in [0.3, 0.4) is 0 Å². The normalized spacial score (nSPS) is 24.2. The van der Waals surface area contributed by atoms with Gasteiger partial charge in [-0.05, 0) is 42.9 Å². The van der Waals surface area contributed by atoms with E-state index in [2.05, 4.69) is 20.8 Å². The maximum atomic E-state index is 12.9. The number of allylic oxidation sites excluding steroid dienone is 1. The molecule has 0 amide bonds. The van der Waals surface area contributed by atoms with Gasteiger partial charge in [0.1, 0.15) is 24.7 Å². The average Bonchev–Trinajstić information content (AvgIpc) is 2.68. The van der Waals surface area contributed by atoms with Gasteiger partial charge in [-0.15, -0.1) is 0 Å². The molecule has 1 aromatic carbocycles. The minimum Gasteiger partial charge on any atom is -0.493 e. The highest BCUT2D eigenvalue weighted by molar-refractivity contribution is 5.96. The molecule has 3 rings (SSSR count). The second-order valence-electron chi connectivity index (χ2n) is 8.55. The fraction of sp³-hybridized carbons (Fsp3) is 0.565. The lowest BCUT2D eigenvalue weighted by Crippen LogP contribution is -2.42. The second-order valence-corrected chi connectivity index (χ2v) is 8.55. The van der Waals surface area contributed by atoms with Crippen molar-refractivity contribution < 1.29 is 28.5 Å². The summed E-state index contributed by atoms with van der Waals surface area (Å²) in [6, 6.07) is 7.78. The summed E-state index contributed by atoms with van der Waals surface area (Å²) in [4.78, 5) is 24.3. The van der Waals surface area contributed by atoms with E-state index in [1.165, 1.54) is 11.8 Å². The number of benzene rings is 1. The third kappa shape index (κ3) is 5.38. The summed E-state index contributed by atoms with van der Waals surface area (Å²) >= 11 is 0. The van der Waals surface area contributed by atoms with Gasteiger partial charge in [-0.1, -0.05) is 32.9 Å². The standard InChI is InChI=1S/C23H30O6/c1-5-26-21(24)14-27-17-10-11-18-19(12-17)28-13-20(22(18)25)29-16-8-6-15(7-9-16)23(2,3)4/h6-9,13,17-19H,5,10-12,14H2,1-4H3. The van der Waals surface area contributed by atoms with Crippen LogP contribution in [0.15, 0.2) is 36.3 Å². The number of ether oxygens (including phenoxy) is 4. The van der Waals surface area contributed by atoms with Crippen molar-refractivity contribution >= 4 is 11.8 Å². The second kappa shape index (κ2) is 8.99. The number of rotatable bonds is 6. The van der Waals surface area contributed by atoms with Crippen LogP contribution in [0.1, 0.15) is 52.5 Å². The van der Waals surface area contributed by atoms with Gasteiger partial charge < -0.3 is 18.9 Å². The van der Waals surface area contributed by atoms with Gasteiger partial charge in [0, 0.05) is 6.42 Å². The summed E-state index contributed by atoms with van der Waals surface area (Å²) in [5.74, 6) is 0.200. The quantitative estimate of drug-likeness (QED) is 0.672. The molecule has 3 unspecified atom stereocenters. The van der Waals surface area contributed by atoms with Crippen LogP contribution in [0, 0.1) is 5.92 Å². The SMILES string of the molecule is CCOC(=O)COC1CCC2C(=O)C(Oc3ccc(C(C)(C)C)cc3)=COC2C1. The van der Waals surface area contributed by atoms with E-state index >= 15 is 0 Å². The molecule has 0 saturated heterocycles. The Labute approximate surface area is 172 Å². The van der Waals surface area contributed by atoms with Crippen LogP contribution in [-0.2, 0) is 29.2 Å². The third-order valence-corrected chi connectivity index (χ3v) is 5.36. The molecule has 1 aliphatic heterocycles. The van der Waals surface area contributed by atoms with Crippen LogP contribution < -0.4 is 4.74 Å². The van der Waals surface area contributed by atoms with Crippen molar-refractivity contribution in [3.8, 4) is 5.75 Å². The lowest BCUT2D eigenvalue weighted by molar-refractivity contribution is -0.154. The number of fused-ring (bicyclic) bond motifs is 1. The van der Waals surface area contributed by atoms with Gasteiger partial charge in [0.05, 0.1) is 18.6 Å². The van der Waals surface area contributed by atoms with Gasteiger partial charge in [0.15, 0.2) is 0 Å². The summed E-state index contributed by atoms with van der Waals surface area (Å²) in [6.07, 6.45) is 2.95. The fourth-order valence-corrected chi connectivity index (χ4v) is 3.70. The first-order chi connectivity index (χ1) is 13.8. The van der Waals surface area contributed by atoms with Gasteiger partial charge in [-0.2, -0.15) is 0 Å². The van der Waals surface area contributed by atoms with E-state index in [1.54, 1.807) is 6.92 Å². The number of carbonyl (C=O) groups excluding carboxylic acids is 2. The summed E-state index contributed by atoms with van der Waals surface area (Å²) in [7, 11) is 0. The molecule has 1 saturated carbocycles. The van der Waals surface area contributed by atoms with E-state index in [1.807, 2.05) is 24.3 Å². The van der Waals surface area contributed by atoms with Crippen molar-refractivity contribution in [2.45, 2.75) is 64.6 Å². The first-order valence-corrected chi connectivity index (χ1v) is 10.2. The zero-order valence-corrected chi connectivity index (χ0v) is 17.6. The molecule has 0 radical (unpaired) electrons. The predicted molar refractivity (Wildman–Crippen MR) is 107 cm³/mol. The highest BCUT2D eigenvalue weighted by Gasteiger charge is 2.41. The van der Waals surface area contributed by atoms with Crippen LogP contribution >= 0.6 is 0 Å². The molecule has 0 N–H and O–H groups in total. The molecule has 3 atom stereocenters. The third-order valence-electron chi connectivity index (χ3n) is 5.36. The summed E-state index contributed by atoms with van der Waals surface area (Å²) in [5, 5.41) is 0. The average molecular weight is 402 g/mol. The Morgan fingerprint density at radius 3 is 2.55 bits per heavy atom. The zero-order valence-electron chi connectivity index (χ0n) is 17.6. The van der Waals surface area contributed by atoms with Crippen molar-refractivity contribution in [1.29, 1.82) is 0 Å².